The number of nitrogens with zero attached hydrogens (tertiary/aromatic N) is 2. The monoisotopic (exact) mass is 262 g/mol. The summed E-state index contributed by atoms with van der Waals surface area (Å²) in [6.07, 6.45) is 0. The molecule has 0 radical (unpaired) electrons. The molecular formula is C13H18N4O2. The first kappa shape index (κ1) is 13.3. The van der Waals surface area contributed by atoms with E-state index < -0.39 is 0 Å². The molecule has 0 aliphatic heterocycles. The van der Waals surface area contributed by atoms with Gasteiger partial charge in [0.25, 0.3) is 5.56 Å². The molecule has 19 heavy (non-hydrogen) atoms. The molecule has 0 saturated carbocycles. The van der Waals surface area contributed by atoms with Crippen LogP contribution in [0.3, 0.4) is 0 Å². The van der Waals surface area contributed by atoms with Crippen molar-refractivity contribution in [3.05, 3.63) is 39.6 Å². The van der Waals surface area contributed by atoms with E-state index in [4.69, 9.17) is 4.42 Å². The minimum absolute atomic E-state index is 0.166. The van der Waals surface area contributed by atoms with E-state index in [1.807, 2.05) is 27.7 Å². The molecule has 0 fully saturated rings. The van der Waals surface area contributed by atoms with Crippen molar-refractivity contribution in [1.82, 2.24) is 15.0 Å². The van der Waals surface area contributed by atoms with E-state index in [2.05, 4.69) is 20.3 Å². The quantitative estimate of drug-likeness (QED) is 0.881. The van der Waals surface area contributed by atoms with Crippen LogP contribution in [0.4, 0.5) is 5.82 Å². The first-order valence-electron chi connectivity index (χ1n) is 6.23. The molecule has 0 aliphatic carbocycles. The lowest BCUT2D eigenvalue weighted by atomic mass is 10.2. The van der Waals surface area contributed by atoms with Crippen molar-refractivity contribution < 1.29 is 4.42 Å². The molecule has 0 atom stereocenters. The highest BCUT2D eigenvalue weighted by Gasteiger charge is 2.08. The van der Waals surface area contributed by atoms with E-state index in [1.165, 1.54) is 6.07 Å². The van der Waals surface area contributed by atoms with Gasteiger partial charge in [-0.15, -0.1) is 0 Å². The third-order valence-corrected chi connectivity index (χ3v) is 2.80. The molecule has 0 aliphatic rings. The predicted molar refractivity (Wildman–Crippen MR) is 72.3 cm³/mol. The highest BCUT2D eigenvalue weighted by atomic mass is 16.4. The molecule has 102 valence electrons. The standard InChI is InChI=1S/C13H18N4O2/c1-7(2)13-16-10(5-11(18)17-13)14-6-12-15-8(3)9(4)19-12/h5,7H,6H2,1-4H3,(H2,14,16,17,18). The molecule has 0 spiro atoms. The Balaban J connectivity index is 2.13. The molecule has 2 N–H and O–H groups in total. The molecule has 2 rings (SSSR count). The normalized spacial score (nSPS) is 11.0. The van der Waals surface area contributed by atoms with Crippen LogP contribution in [0.25, 0.3) is 0 Å². The molecule has 2 aromatic heterocycles. The maximum Gasteiger partial charge on any atom is 0.252 e. The van der Waals surface area contributed by atoms with Gasteiger partial charge in [-0.3, -0.25) is 4.79 Å². The Morgan fingerprint density at radius 3 is 2.68 bits per heavy atom. The number of hydrogen-bond donors (Lipinski definition) is 2. The van der Waals surface area contributed by atoms with Gasteiger partial charge in [-0.25, -0.2) is 9.97 Å². The van der Waals surface area contributed by atoms with E-state index in [0.717, 1.165) is 11.5 Å². The van der Waals surface area contributed by atoms with Crippen molar-refractivity contribution in [2.75, 3.05) is 5.32 Å². The van der Waals surface area contributed by atoms with Crippen molar-refractivity contribution in [2.45, 2.75) is 40.2 Å². The van der Waals surface area contributed by atoms with Gasteiger partial charge in [0.05, 0.1) is 12.2 Å². The van der Waals surface area contributed by atoms with Crippen molar-refractivity contribution in [3.63, 3.8) is 0 Å². The van der Waals surface area contributed by atoms with Gasteiger partial charge in [0.2, 0.25) is 5.89 Å². The van der Waals surface area contributed by atoms with E-state index in [-0.39, 0.29) is 11.5 Å². The zero-order chi connectivity index (χ0) is 14.0. The Bertz CT molecular complexity index is 608. The van der Waals surface area contributed by atoms with Crippen molar-refractivity contribution in [1.29, 1.82) is 0 Å². The minimum Gasteiger partial charge on any atom is -0.444 e. The fourth-order valence-electron chi connectivity index (χ4n) is 1.62. The van der Waals surface area contributed by atoms with Crippen LogP contribution in [-0.4, -0.2) is 15.0 Å². The molecule has 6 nitrogen and oxygen atoms in total. The van der Waals surface area contributed by atoms with Gasteiger partial charge in [0, 0.05) is 12.0 Å². The highest BCUT2D eigenvalue weighted by molar-refractivity contribution is 5.33. The lowest BCUT2D eigenvalue weighted by Crippen LogP contribution is -2.14. The Morgan fingerprint density at radius 1 is 1.37 bits per heavy atom. The molecule has 2 heterocycles. The highest BCUT2D eigenvalue weighted by Crippen LogP contribution is 2.12. The summed E-state index contributed by atoms with van der Waals surface area (Å²) in [6, 6.07) is 1.43. The van der Waals surface area contributed by atoms with Crippen LogP contribution in [0.5, 0.6) is 0 Å². The summed E-state index contributed by atoms with van der Waals surface area (Å²) < 4.78 is 5.46. The van der Waals surface area contributed by atoms with Crippen LogP contribution in [0.15, 0.2) is 15.3 Å². The Hall–Kier alpha value is -2.11. The van der Waals surface area contributed by atoms with Gasteiger partial charge in [0.15, 0.2) is 0 Å². The zero-order valence-electron chi connectivity index (χ0n) is 11.6. The molecular weight excluding hydrogens is 244 g/mol. The SMILES string of the molecule is Cc1nc(CNc2cc(=O)[nH]c(C(C)C)n2)oc1C. The number of H-pyrrole nitrogens is 1. The molecule has 0 aromatic carbocycles. The van der Waals surface area contributed by atoms with Crippen LogP contribution < -0.4 is 10.9 Å². The summed E-state index contributed by atoms with van der Waals surface area (Å²) in [5.41, 5.74) is 0.708. The maximum absolute atomic E-state index is 11.5. The average molecular weight is 262 g/mol. The molecule has 0 unspecified atom stereocenters. The molecule has 0 amide bonds. The lowest BCUT2D eigenvalue weighted by molar-refractivity contribution is 0.478. The average Bonchev–Trinajstić information content (AvgIpc) is 2.65. The largest absolute Gasteiger partial charge is 0.444 e. The second-order valence-corrected chi connectivity index (χ2v) is 4.77. The van der Waals surface area contributed by atoms with Gasteiger partial charge >= 0.3 is 0 Å². The summed E-state index contributed by atoms with van der Waals surface area (Å²) in [5, 5.41) is 3.05. The number of oxazole rings is 1. The second-order valence-electron chi connectivity index (χ2n) is 4.77. The fourth-order valence-corrected chi connectivity index (χ4v) is 1.62. The number of aryl methyl sites for hydroxylation is 2. The van der Waals surface area contributed by atoms with Crippen LogP contribution >= 0.6 is 0 Å². The summed E-state index contributed by atoms with van der Waals surface area (Å²) in [5.74, 6) is 2.75. The Kier molecular flexibility index (Phi) is 3.69. The first-order valence-corrected chi connectivity index (χ1v) is 6.23. The smallest absolute Gasteiger partial charge is 0.252 e. The zero-order valence-corrected chi connectivity index (χ0v) is 11.6. The summed E-state index contributed by atoms with van der Waals surface area (Å²) in [7, 11) is 0. The first-order chi connectivity index (χ1) is 8.95. The van der Waals surface area contributed by atoms with Crippen molar-refractivity contribution >= 4 is 5.82 Å². The second kappa shape index (κ2) is 5.26. The summed E-state index contributed by atoms with van der Waals surface area (Å²) in [6.45, 7) is 8.12. The maximum atomic E-state index is 11.5. The van der Waals surface area contributed by atoms with E-state index >= 15 is 0 Å². The number of aromatic nitrogens is 3. The number of anilines is 1. The number of aromatic amines is 1. The third-order valence-electron chi connectivity index (χ3n) is 2.80. The van der Waals surface area contributed by atoms with Crippen LogP contribution in [-0.2, 0) is 6.54 Å². The minimum atomic E-state index is -0.166. The third kappa shape index (κ3) is 3.21. The number of nitrogens with one attached hydrogen (secondary N) is 2. The van der Waals surface area contributed by atoms with Crippen LogP contribution in [0.2, 0.25) is 0 Å². The summed E-state index contributed by atoms with van der Waals surface area (Å²) in [4.78, 5) is 22.8. The van der Waals surface area contributed by atoms with Crippen molar-refractivity contribution in [3.8, 4) is 0 Å². The van der Waals surface area contributed by atoms with Crippen molar-refractivity contribution in [2.24, 2.45) is 0 Å². The summed E-state index contributed by atoms with van der Waals surface area (Å²) >= 11 is 0. The molecule has 0 bridgehead atoms. The topological polar surface area (TPSA) is 83.8 Å². The number of hydrogen-bond acceptors (Lipinski definition) is 5. The molecule has 2 aromatic rings. The van der Waals surface area contributed by atoms with E-state index in [0.29, 0.717) is 24.1 Å². The molecule has 6 heteroatoms. The lowest BCUT2D eigenvalue weighted by Gasteiger charge is -2.07. The molecule has 0 saturated heterocycles. The van der Waals surface area contributed by atoms with Gasteiger partial charge in [-0.2, -0.15) is 0 Å². The van der Waals surface area contributed by atoms with Gasteiger partial charge in [-0.05, 0) is 13.8 Å². The van der Waals surface area contributed by atoms with E-state index in [1.54, 1.807) is 0 Å². The Labute approximate surface area is 111 Å². The van der Waals surface area contributed by atoms with Gasteiger partial charge < -0.3 is 14.7 Å². The van der Waals surface area contributed by atoms with Crippen LogP contribution in [0, 0.1) is 13.8 Å². The van der Waals surface area contributed by atoms with Crippen LogP contribution in [0.1, 0.15) is 42.9 Å². The van der Waals surface area contributed by atoms with Gasteiger partial charge in [-0.1, -0.05) is 13.8 Å². The van der Waals surface area contributed by atoms with Gasteiger partial charge in [0.1, 0.15) is 17.4 Å². The fraction of sp³-hybridized carbons (Fsp3) is 0.462. The van der Waals surface area contributed by atoms with E-state index in [9.17, 15) is 4.79 Å². The number of rotatable bonds is 4. The Morgan fingerprint density at radius 2 is 2.11 bits per heavy atom. The predicted octanol–water partition coefficient (Wildman–Crippen LogP) is 2.11.